The van der Waals surface area contributed by atoms with E-state index in [4.69, 9.17) is 59.3 Å². The molecule has 3 aliphatic rings. The number of phosphoric ester groups is 3. The zero-order valence-corrected chi connectivity index (χ0v) is 40.4. The Hall–Kier alpha value is -4.27. The molecule has 0 spiro atoms. The second-order valence-corrected chi connectivity index (χ2v) is 22.7. The van der Waals surface area contributed by atoms with Gasteiger partial charge in [-0.15, -0.1) is 0 Å². The number of aliphatic hydroxyl groups is 4. The van der Waals surface area contributed by atoms with Gasteiger partial charge in [0.2, 0.25) is 0 Å². The SMILES string of the molecule is Nc1ccn([C@@H]2O[C@H](COP(=O)(O)O[C@H]3[C@@H](O)[C@H](n4cnc5c(N)ncnc54)O[C@@H]3COP(=O)(O)O[C@H]3[C@@H](O)[C@H](n4cnc5c(N)ncnc54)O[C@@H]3COP(=O)(O)OP(=O)(O)OP(=O)(O)O)[C@@H](O)[C@H]2O)c(=O)n1. The molecule has 8 rings (SSSR count). The molecule has 5 aromatic heterocycles. The Labute approximate surface area is 403 Å². The Kier molecular flexibility index (Phi) is 15.6. The molecule has 402 valence electrons. The quantitative estimate of drug-likeness (QED) is 0.0332. The lowest BCUT2D eigenvalue weighted by atomic mass is 10.1. The number of ether oxygens (including phenoxy) is 3. The fourth-order valence-electron chi connectivity index (χ4n) is 7.43. The summed E-state index contributed by atoms with van der Waals surface area (Å²) in [6, 6.07) is 1.18. The zero-order chi connectivity index (χ0) is 53.2. The third-order valence-corrected chi connectivity index (χ3v) is 16.3. The molecule has 16 atom stereocenters. The fraction of sp³-hybridized carbons (Fsp3) is 0.517. The van der Waals surface area contributed by atoms with E-state index in [1.165, 1.54) is 6.07 Å². The summed E-state index contributed by atoms with van der Waals surface area (Å²) in [6.45, 7) is -3.64. The maximum Gasteiger partial charge on any atom is 0.490 e. The second kappa shape index (κ2) is 20.7. The fourth-order valence-corrected chi connectivity index (χ4v) is 12.4. The van der Waals surface area contributed by atoms with Crippen molar-refractivity contribution >= 4 is 78.9 Å². The molecule has 3 aliphatic heterocycles. The number of phosphoric acid groups is 5. The predicted molar refractivity (Wildman–Crippen MR) is 229 cm³/mol. The monoisotopic (exact) mass is 1140 g/mol. The number of rotatable bonds is 20. The number of anilines is 3. The third-order valence-electron chi connectivity index (χ3n) is 10.5. The van der Waals surface area contributed by atoms with Gasteiger partial charge >= 0.3 is 44.8 Å². The topological polar surface area (TPSA) is 580 Å². The highest BCUT2D eigenvalue weighted by atomic mass is 31.3. The van der Waals surface area contributed by atoms with Crippen molar-refractivity contribution in [1.82, 2.24) is 48.6 Å². The van der Waals surface area contributed by atoms with Crippen molar-refractivity contribution in [1.29, 1.82) is 0 Å². The number of aliphatic hydroxyl groups excluding tert-OH is 4. The number of nitrogens with zero attached hydrogens (tertiary/aromatic N) is 10. The van der Waals surface area contributed by atoms with Crippen molar-refractivity contribution in [2.24, 2.45) is 0 Å². The van der Waals surface area contributed by atoms with Crippen LogP contribution in [-0.4, -0.2) is 173 Å². The van der Waals surface area contributed by atoms with Gasteiger partial charge in [0.05, 0.1) is 32.5 Å². The van der Waals surface area contributed by atoms with Crippen LogP contribution in [0.5, 0.6) is 0 Å². The van der Waals surface area contributed by atoms with E-state index in [0.717, 1.165) is 45.2 Å². The molecule has 44 heteroatoms. The van der Waals surface area contributed by atoms with E-state index in [2.05, 4.69) is 48.0 Å². The average Bonchev–Trinajstić information content (AvgIpc) is 4.09. The molecule has 8 heterocycles. The third kappa shape index (κ3) is 12.2. The van der Waals surface area contributed by atoms with Gasteiger partial charge in [-0.3, -0.25) is 36.3 Å². The predicted octanol–water partition coefficient (Wildman–Crippen LogP) is -3.85. The summed E-state index contributed by atoms with van der Waals surface area (Å²) in [5, 5.41) is 44.4. The Bertz CT molecular complexity index is 3160. The molecule has 0 radical (unpaired) electrons. The van der Waals surface area contributed by atoms with Crippen LogP contribution in [0.15, 0.2) is 42.4 Å². The van der Waals surface area contributed by atoms with E-state index in [9.17, 15) is 67.6 Å². The lowest BCUT2D eigenvalue weighted by Gasteiger charge is -2.26. The minimum Gasteiger partial charge on any atom is -0.387 e. The highest BCUT2D eigenvalue weighted by molar-refractivity contribution is 7.66. The minimum absolute atomic E-state index is 0.00902. The van der Waals surface area contributed by atoms with Crippen molar-refractivity contribution in [3.05, 3.63) is 48.1 Å². The van der Waals surface area contributed by atoms with Gasteiger partial charge in [0.25, 0.3) is 0 Å². The summed E-state index contributed by atoms with van der Waals surface area (Å²) in [6.07, 6.45) is -17.6. The van der Waals surface area contributed by atoms with Crippen molar-refractivity contribution in [2.75, 3.05) is 37.0 Å². The molecular formula is C29H40N13O26P5. The molecule has 3 saturated heterocycles. The molecule has 0 saturated carbocycles. The molecule has 0 aliphatic carbocycles. The normalized spacial score (nSPS) is 31.1. The first-order chi connectivity index (χ1) is 34.0. The van der Waals surface area contributed by atoms with Crippen molar-refractivity contribution in [2.45, 2.75) is 73.6 Å². The van der Waals surface area contributed by atoms with Gasteiger partial charge in [-0.1, -0.05) is 0 Å². The van der Waals surface area contributed by atoms with Crippen LogP contribution in [0.3, 0.4) is 0 Å². The minimum atomic E-state index is -6.05. The maximum absolute atomic E-state index is 13.8. The molecule has 0 bridgehead atoms. The number of imidazole rings is 2. The first kappa shape index (κ1) is 55.0. The number of nitrogen functional groups attached to an aromatic ring is 3. The first-order valence-electron chi connectivity index (χ1n) is 20.0. The summed E-state index contributed by atoms with van der Waals surface area (Å²) in [5.74, 6) is -0.461. The summed E-state index contributed by atoms with van der Waals surface area (Å²) in [7, 11) is -29.0. The van der Waals surface area contributed by atoms with Gasteiger partial charge in [-0.05, 0) is 6.07 Å². The van der Waals surface area contributed by atoms with Gasteiger partial charge < -0.3 is 81.2 Å². The average molecular weight is 1140 g/mol. The molecule has 3 fully saturated rings. The lowest BCUT2D eigenvalue weighted by Crippen LogP contribution is -2.38. The largest absolute Gasteiger partial charge is 0.490 e. The van der Waals surface area contributed by atoms with Gasteiger partial charge in [-0.2, -0.15) is 13.6 Å². The lowest BCUT2D eigenvalue weighted by molar-refractivity contribution is -0.0629. The van der Waals surface area contributed by atoms with Crippen LogP contribution >= 0.6 is 39.1 Å². The number of fused-ring (bicyclic) bond motifs is 2. The standard InChI is InChI=1S/C29H40N13O26P5/c30-13-1-2-40(29(47)39-13)26-17(44)16(43)10(62-26)3-59-70(51,52)65-20-11(63-27(18(20)45)41-8-37-14-22(31)33-6-35-24(14)41)4-60-71(53,54)66-21-12(5-61-72(55,56)68-73(57,58)67-69(48,49)50)64-28(19(21)46)42-9-38-15-23(32)34-7-36-25(15)42/h1-2,6-12,16-21,26-28,43-46H,3-5H2,(H,51,52)(H,53,54)(H,55,56)(H,57,58)(H2,30,39,47)(H2,31,33,35)(H2,32,34,36)(H2,48,49,50)/t10-,11-,12-,16-,17-,18-,19-,20-,21-,26-,27-,28-/m1/s1. The molecule has 0 aromatic carbocycles. The van der Waals surface area contributed by atoms with E-state index < -0.39 is 138 Å². The van der Waals surface area contributed by atoms with Crippen molar-refractivity contribution in [3.8, 4) is 0 Å². The van der Waals surface area contributed by atoms with Crippen LogP contribution in [0.4, 0.5) is 17.5 Å². The van der Waals surface area contributed by atoms with Crippen LogP contribution in [0.25, 0.3) is 22.3 Å². The number of hydrogen-bond donors (Lipinski definition) is 13. The van der Waals surface area contributed by atoms with E-state index in [-0.39, 0.29) is 39.8 Å². The highest BCUT2D eigenvalue weighted by Gasteiger charge is 2.54. The van der Waals surface area contributed by atoms with Gasteiger partial charge in [0.1, 0.15) is 84.4 Å². The molecule has 39 nitrogen and oxygen atoms in total. The Balaban J connectivity index is 1.01. The van der Waals surface area contributed by atoms with Crippen molar-refractivity contribution in [3.63, 3.8) is 0 Å². The zero-order valence-electron chi connectivity index (χ0n) is 36.0. The summed E-state index contributed by atoms with van der Waals surface area (Å²) < 4.78 is 116. The smallest absolute Gasteiger partial charge is 0.387 e. The van der Waals surface area contributed by atoms with E-state index in [1.54, 1.807) is 0 Å². The first-order valence-corrected chi connectivity index (χ1v) is 27.5. The van der Waals surface area contributed by atoms with Crippen LogP contribution < -0.4 is 22.9 Å². The number of aromatic nitrogens is 10. The van der Waals surface area contributed by atoms with Gasteiger partial charge in [0, 0.05) is 6.20 Å². The maximum atomic E-state index is 13.8. The Morgan fingerprint density at radius 3 is 1.45 bits per heavy atom. The summed E-state index contributed by atoms with van der Waals surface area (Å²) >= 11 is 0. The van der Waals surface area contributed by atoms with Gasteiger partial charge in [-0.25, -0.2) is 57.5 Å². The van der Waals surface area contributed by atoms with E-state index in [0.29, 0.717) is 0 Å². The highest BCUT2D eigenvalue weighted by Crippen LogP contribution is 2.66. The van der Waals surface area contributed by atoms with Crippen LogP contribution in [0.1, 0.15) is 18.7 Å². The summed E-state index contributed by atoms with van der Waals surface area (Å²) in [5.41, 5.74) is 16.0. The second-order valence-electron chi connectivity index (χ2n) is 15.4. The Morgan fingerprint density at radius 2 is 0.986 bits per heavy atom. The molecule has 16 N–H and O–H groups in total. The molecular weight excluding hydrogens is 1100 g/mol. The van der Waals surface area contributed by atoms with E-state index >= 15 is 0 Å². The number of hydrogen-bond acceptors (Lipinski definition) is 30. The molecule has 0 amide bonds. The molecule has 73 heavy (non-hydrogen) atoms. The van der Waals surface area contributed by atoms with E-state index in [1.807, 2.05) is 0 Å². The van der Waals surface area contributed by atoms with Crippen molar-refractivity contribution < 1.29 is 118 Å². The number of nitrogens with two attached hydrogens (primary N) is 3. The van der Waals surface area contributed by atoms with Gasteiger partial charge in [0.15, 0.2) is 41.6 Å². The summed E-state index contributed by atoms with van der Waals surface area (Å²) in [4.78, 5) is 99.1. The Morgan fingerprint density at radius 1 is 0.548 bits per heavy atom. The van der Waals surface area contributed by atoms with Crippen LogP contribution in [-0.2, 0) is 68.3 Å². The van der Waals surface area contributed by atoms with Crippen LogP contribution in [0, 0.1) is 0 Å². The molecule has 5 aromatic rings. The molecule has 4 unspecified atom stereocenters. The van der Waals surface area contributed by atoms with Crippen LogP contribution in [0.2, 0.25) is 0 Å².